The zero-order valence-electron chi connectivity index (χ0n) is 15.0. The highest BCUT2D eigenvalue weighted by molar-refractivity contribution is 7.89. The fraction of sp³-hybridized carbons (Fsp3) is 0.526. The summed E-state index contributed by atoms with van der Waals surface area (Å²) < 4.78 is 27.8. The van der Waals surface area contributed by atoms with Crippen molar-refractivity contribution in [3.63, 3.8) is 0 Å². The highest BCUT2D eigenvalue weighted by atomic mass is 35.5. The van der Waals surface area contributed by atoms with Crippen molar-refractivity contribution in [2.24, 2.45) is 11.8 Å². The van der Waals surface area contributed by atoms with Crippen molar-refractivity contribution in [1.82, 2.24) is 4.72 Å². The molecule has 0 amide bonds. The summed E-state index contributed by atoms with van der Waals surface area (Å²) in [5.74, 6) is -0.267. The number of unbranched alkanes of at least 4 members (excludes halogenated alkanes) is 1. The predicted octanol–water partition coefficient (Wildman–Crippen LogP) is 4.89. The van der Waals surface area contributed by atoms with Gasteiger partial charge in [-0.05, 0) is 55.7 Å². The van der Waals surface area contributed by atoms with Crippen LogP contribution < -0.4 is 4.72 Å². The molecule has 2 rings (SSSR count). The smallest absolute Gasteiger partial charge is 0.303 e. The molecule has 1 aliphatic rings. The lowest BCUT2D eigenvalue weighted by molar-refractivity contribution is -0.137. The molecule has 2 N–H and O–H groups in total. The molecular weight excluding hydrogens is 409 g/mol. The molecule has 27 heavy (non-hydrogen) atoms. The summed E-state index contributed by atoms with van der Waals surface area (Å²) in [6, 6.07) is 4.33. The van der Waals surface area contributed by atoms with E-state index in [4.69, 9.17) is 28.3 Å². The summed E-state index contributed by atoms with van der Waals surface area (Å²) in [6.07, 6.45) is 9.83. The Morgan fingerprint density at radius 2 is 2.00 bits per heavy atom. The van der Waals surface area contributed by atoms with Crippen molar-refractivity contribution in [1.29, 1.82) is 0 Å². The second kappa shape index (κ2) is 10.5. The summed E-state index contributed by atoms with van der Waals surface area (Å²) in [4.78, 5) is 10.6. The third kappa shape index (κ3) is 7.11. The first-order valence-electron chi connectivity index (χ1n) is 9.13. The molecule has 8 heteroatoms. The fourth-order valence-electron chi connectivity index (χ4n) is 3.37. The van der Waals surface area contributed by atoms with Crippen LogP contribution in [0.3, 0.4) is 0 Å². The molecule has 5 nitrogen and oxygen atoms in total. The quantitative estimate of drug-likeness (QED) is 0.428. The predicted molar refractivity (Wildman–Crippen MR) is 108 cm³/mol. The molecule has 150 valence electrons. The van der Waals surface area contributed by atoms with E-state index in [1.165, 1.54) is 18.2 Å². The van der Waals surface area contributed by atoms with Gasteiger partial charge in [-0.25, -0.2) is 13.1 Å². The van der Waals surface area contributed by atoms with E-state index in [1.54, 1.807) is 0 Å². The average molecular weight is 434 g/mol. The van der Waals surface area contributed by atoms with Crippen LogP contribution in [-0.4, -0.2) is 26.0 Å². The van der Waals surface area contributed by atoms with Crippen molar-refractivity contribution < 1.29 is 18.3 Å². The van der Waals surface area contributed by atoms with Crippen LogP contribution in [0.15, 0.2) is 35.2 Å². The Hall–Kier alpha value is -1.08. The molecule has 1 aromatic rings. The number of hydrogen-bond donors (Lipinski definition) is 2. The van der Waals surface area contributed by atoms with Crippen molar-refractivity contribution in [3.8, 4) is 0 Å². The molecule has 0 spiro atoms. The van der Waals surface area contributed by atoms with Crippen LogP contribution in [0.25, 0.3) is 0 Å². The Bertz CT molecular complexity index is 780. The maximum atomic E-state index is 12.6. The number of rotatable bonds is 9. The van der Waals surface area contributed by atoms with Gasteiger partial charge in [-0.1, -0.05) is 48.2 Å². The Balaban J connectivity index is 1.95. The largest absolute Gasteiger partial charge is 0.481 e. The summed E-state index contributed by atoms with van der Waals surface area (Å²) >= 11 is 11.9. The van der Waals surface area contributed by atoms with E-state index in [2.05, 4.69) is 10.8 Å². The number of benzene rings is 1. The van der Waals surface area contributed by atoms with Crippen molar-refractivity contribution in [2.45, 2.75) is 49.8 Å². The molecular formula is C19H25Cl2NO4S. The number of aliphatic carboxylic acids is 1. The lowest BCUT2D eigenvalue weighted by atomic mass is 9.79. The number of halogens is 2. The number of nitrogens with one attached hydrogen (secondary N) is 1. The molecule has 1 fully saturated rings. The van der Waals surface area contributed by atoms with Crippen molar-refractivity contribution in [3.05, 3.63) is 40.4 Å². The molecule has 2 unspecified atom stereocenters. The maximum Gasteiger partial charge on any atom is 0.303 e. The van der Waals surface area contributed by atoms with Gasteiger partial charge < -0.3 is 5.11 Å². The van der Waals surface area contributed by atoms with Crippen LogP contribution in [0, 0.1) is 11.8 Å². The first-order valence-corrected chi connectivity index (χ1v) is 11.4. The Labute approximate surface area is 170 Å². The molecule has 0 saturated heterocycles. The molecule has 1 aliphatic carbocycles. The molecule has 0 radical (unpaired) electrons. The van der Waals surface area contributed by atoms with Gasteiger partial charge in [-0.15, -0.1) is 0 Å². The summed E-state index contributed by atoms with van der Waals surface area (Å²) in [7, 11) is -3.70. The normalized spacial score (nSPS) is 20.8. The van der Waals surface area contributed by atoms with Crippen LogP contribution in [0.4, 0.5) is 0 Å². The topological polar surface area (TPSA) is 83.5 Å². The number of hydrogen-bond acceptors (Lipinski definition) is 3. The SMILES string of the molecule is O=C(O)CCC/C=C\C1CCCCC1CNS(=O)(=O)c1ccc(Cl)cc1Cl. The minimum absolute atomic E-state index is 0.0325. The Morgan fingerprint density at radius 1 is 1.26 bits per heavy atom. The van der Waals surface area contributed by atoms with Gasteiger partial charge in [0.15, 0.2) is 0 Å². The monoisotopic (exact) mass is 433 g/mol. The van der Waals surface area contributed by atoms with Gasteiger partial charge in [0, 0.05) is 18.0 Å². The molecule has 0 heterocycles. The average Bonchev–Trinajstić information content (AvgIpc) is 2.60. The minimum Gasteiger partial charge on any atom is -0.481 e. The van der Waals surface area contributed by atoms with Gasteiger partial charge in [0.25, 0.3) is 0 Å². The first-order chi connectivity index (χ1) is 12.8. The van der Waals surface area contributed by atoms with E-state index >= 15 is 0 Å². The molecule has 1 saturated carbocycles. The Kier molecular flexibility index (Phi) is 8.61. The van der Waals surface area contributed by atoms with Gasteiger partial charge in [0.1, 0.15) is 4.90 Å². The van der Waals surface area contributed by atoms with Gasteiger partial charge in [0.2, 0.25) is 10.0 Å². The van der Waals surface area contributed by atoms with Crippen molar-refractivity contribution in [2.75, 3.05) is 6.54 Å². The Morgan fingerprint density at radius 3 is 2.70 bits per heavy atom. The highest BCUT2D eigenvalue weighted by Crippen LogP contribution is 2.31. The van der Waals surface area contributed by atoms with Crippen LogP contribution >= 0.6 is 23.2 Å². The molecule has 0 aliphatic heterocycles. The number of carboxylic acid groups (broad SMARTS) is 1. The maximum absolute atomic E-state index is 12.6. The summed E-state index contributed by atoms with van der Waals surface area (Å²) in [6.45, 7) is 0.353. The van der Waals surface area contributed by atoms with Crippen LogP contribution in [-0.2, 0) is 14.8 Å². The van der Waals surface area contributed by atoms with E-state index in [0.717, 1.165) is 32.1 Å². The van der Waals surface area contributed by atoms with E-state index in [9.17, 15) is 13.2 Å². The van der Waals surface area contributed by atoms with E-state index in [0.29, 0.717) is 23.9 Å². The lowest BCUT2D eigenvalue weighted by Gasteiger charge is -2.29. The standard InChI is InChI=1S/C19H25Cl2NO4S/c20-16-10-11-18(17(21)12-16)27(25,26)22-13-15-8-5-4-7-14(15)6-2-1-3-9-19(23)24/h2,6,10-12,14-15,22H,1,3-5,7-9,13H2,(H,23,24)/b6-2-. The van der Waals surface area contributed by atoms with Gasteiger partial charge in [0.05, 0.1) is 5.02 Å². The third-order valence-electron chi connectivity index (χ3n) is 4.83. The summed E-state index contributed by atoms with van der Waals surface area (Å²) in [5.41, 5.74) is 0. The van der Waals surface area contributed by atoms with Gasteiger partial charge >= 0.3 is 5.97 Å². The zero-order valence-corrected chi connectivity index (χ0v) is 17.4. The van der Waals surface area contributed by atoms with Gasteiger partial charge in [-0.3, -0.25) is 4.79 Å². The lowest BCUT2D eigenvalue weighted by Crippen LogP contribution is -2.33. The van der Waals surface area contributed by atoms with Crippen molar-refractivity contribution >= 4 is 39.2 Å². The van der Waals surface area contributed by atoms with E-state index in [1.807, 2.05) is 6.08 Å². The first kappa shape index (κ1) is 22.2. The number of carboxylic acids is 1. The minimum atomic E-state index is -3.70. The van der Waals surface area contributed by atoms with Crippen LogP contribution in [0.2, 0.25) is 10.0 Å². The van der Waals surface area contributed by atoms with E-state index in [-0.39, 0.29) is 22.3 Å². The molecule has 2 atom stereocenters. The van der Waals surface area contributed by atoms with Crippen LogP contribution in [0.1, 0.15) is 44.9 Å². The molecule has 1 aromatic carbocycles. The molecule has 0 aromatic heterocycles. The van der Waals surface area contributed by atoms with Crippen LogP contribution in [0.5, 0.6) is 0 Å². The molecule has 0 bridgehead atoms. The van der Waals surface area contributed by atoms with Gasteiger partial charge in [-0.2, -0.15) is 0 Å². The third-order valence-corrected chi connectivity index (χ3v) is 6.97. The second-order valence-electron chi connectivity index (χ2n) is 6.85. The zero-order chi connectivity index (χ0) is 19.9. The number of sulfonamides is 1. The second-order valence-corrected chi connectivity index (χ2v) is 9.43. The highest BCUT2D eigenvalue weighted by Gasteiger charge is 2.26. The number of carbonyl (C=O) groups is 1. The number of allylic oxidation sites excluding steroid dienone is 2. The fourth-order valence-corrected chi connectivity index (χ4v) is 5.24. The van der Waals surface area contributed by atoms with E-state index < -0.39 is 16.0 Å². The summed E-state index contributed by atoms with van der Waals surface area (Å²) in [5, 5.41) is 9.17.